The molecule has 10 heteroatoms. The maximum absolute atomic E-state index is 12.3. The van der Waals surface area contributed by atoms with Gasteiger partial charge < -0.3 is 14.9 Å². The topological polar surface area (TPSA) is 135 Å². The Morgan fingerprint density at radius 3 is 2.70 bits per heavy atom. The fraction of sp³-hybridized carbons (Fsp3) is 0.294. The number of hydrogen-bond acceptors (Lipinski definition) is 7. The molecular weight excluding hydrogens is 354 g/mol. The van der Waals surface area contributed by atoms with Gasteiger partial charge in [0.05, 0.1) is 18.9 Å². The van der Waals surface area contributed by atoms with Gasteiger partial charge in [0.15, 0.2) is 0 Å². The number of H-pyrrole nitrogens is 1. The average molecular weight is 371 g/mol. The first-order valence-corrected chi connectivity index (χ1v) is 8.35. The Morgan fingerprint density at radius 2 is 2.00 bits per heavy atom. The van der Waals surface area contributed by atoms with Crippen molar-refractivity contribution in [1.29, 1.82) is 0 Å². The minimum atomic E-state index is -0.904. The summed E-state index contributed by atoms with van der Waals surface area (Å²) in [6, 6.07) is 9.33. The first-order chi connectivity index (χ1) is 13.1. The first kappa shape index (κ1) is 17.3. The molecule has 1 aliphatic heterocycles. The van der Waals surface area contributed by atoms with E-state index in [1.165, 1.54) is 15.4 Å². The molecule has 0 aliphatic carbocycles. The Morgan fingerprint density at radius 1 is 1.22 bits per heavy atom. The summed E-state index contributed by atoms with van der Waals surface area (Å²) in [7, 11) is 0. The number of rotatable bonds is 4. The van der Waals surface area contributed by atoms with Crippen molar-refractivity contribution in [3.63, 3.8) is 0 Å². The average Bonchev–Trinajstić information content (AvgIpc) is 3.29. The number of aliphatic hydroxyl groups is 2. The molecule has 0 unspecified atom stereocenters. The highest BCUT2D eigenvalue weighted by atomic mass is 16.5. The summed E-state index contributed by atoms with van der Waals surface area (Å²) in [5.41, 5.74) is 0.179. The molecule has 27 heavy (non-hydrogen) atoms. The van der Waals surface area contributed by atoms with Crippen LogP contribution in [-0.4, -0.2) is 53.6 Å². The summed E-state index contributed by atoms with van der Waals surface area (Å²) >= 11 is 0. The molecule has 3 atom stereocenters. The summed E-state index contributed by atoms with van der Waals surface area (Å²) < 4.78 is 7.93. The summed E-state index contributed by atoms with van der Waals surface area (Å²) in [6.45, 7) is -0.369. The molecule has 1 fully saturated rings. The van der Waals surface area contributed by atoms with Crippen LogP contribution in [0.25, 0.3) is 16.9 Å². The van der Waals surface area contributed by atoms with Crippen molar-refractivity contribution in [2.24, 2.45) is 0 Å². The Bertz CT molecular complexity index is 1060. The Hall–Kier alpha value is -3.08. The van der Waals surface area contributed by atoms with E-state index in [-0.39, 0.29) is 18.7 Å². The number of aromatic amines is 1. The van der Waals surface area contributed by atoms with Crippen molar-refractivity contribution >= 4 is 0 Å². The van der Waals surface area contributed by atoms with Crippen LogP contribution in [0.3, 0.4) is 0 Å². The van der Waals surface area contributed by atoms with Crippen molar-refractivity contribution < 1.29 is 14.9 Å². The lowest BCUT2D eigenvalue weighted by Gasteiger charge is -2.15. The Kier molecular flexibility index (Phi) is 4.44. The fourth-order valence-corrected chi connectivity index (χ4v) is 3.02. The lowest BCUT2D eigenvalue weighted by molar-refractivity contribution is -0.0459. The quantitative estimate of drug-likeness (QED) is 0.558. The SMILES string of the molecule is O=c1[nH]c(=O)n([C@H]2C[C@H](O)[C@@H](CO)O2)cc1-n1cc(-c2ccccc2)nn1. The van der Waals surface area contributed by atoms with Gasteiger partial charge in [-0.3, -0.25) is 14.3 Å². The van der Waals surface area contributed by atoms with Gasteiger partial charge in [0, 0.05) is 18.2 Å². The van der Waals surface area contributed by atoms with Gasteiger partial charge in [0.25, 0.3) is 5.56 Å². The molecule has 10 nitrogen and oxygen atoms in total. The fourth-order valence-electron chi connectivity index (χ4n) is 3.02. The summed E-state index contributed by atoms with van der Waals surface area (Å²) in [6.07, 6.45) is 0.504. The van der Waals surface area contributed by atoms with Gasteiger partial charge >= 0.3 is 5.69 Å². The lowest BCUT2D eigenvalue weighted by atomic mass is 10.2. The second-order valence-corrected chi connectivity index (χ2v) is 6.21. The van der Waals surface area contributed by atoms with E-state index in [4.69, 9.17) is 4.74 Å². The van der Waals surface area contributed by atoms with Crippen molar-refractivity contribution in [3.8, 4) is 16.9 Å². The molecule has 3 aromatic rings. The van der Waals surface area contributed by atoms with Gasteiger partial charge in [-0.05, 0) is 0 Å². The number of nitrogens with one attached hydrogen (secondary N) is 1. The number of aromatic nitrogens is 5. The van der Waals surface area contributed by atoms with Crippen LogP contribution in [0.2, 0.25) is 0 Å². The standard InChI is InChI=1S/C17H17N5O5/c23-9-14-13(24)6-15(27-14)21-8-12(16(25)18-17(21)26)22-7-11(19-20-22)10-4-2-1-3-5-10/h1-5,7-8,13-15,23-24H,6,9H2,(H,18,25,26)/t13-,14+,15+/m0/s1. The van der Waals surface area contributed by atoms with Crippen LogP contribution < -0.4 is 11.2 Å². The number of ether oxygens (including phenoxy) is 1. The summed E-state index contributed by atoms with van der Waals surface area (Å²) in [5.74, 6) is 0. The van der Waals surface area contributed by atoms with E-state index in [0.29, 0.717) is 5.69 Å². The molecule has 4 rings (SSSR count). The van der Waals surface area contributed by atoms with Gasteiger partial charge in [0.2, 0.25) is 0 Å². The predicted molar refractivity (Wildman–Crippen MR) is 93.3 cm³/mol. The van der Waals surface area contributed by atoms with E-state index < -0.39 is 29.7 Å². The number of aliphatic hydroxyl groups excluding tert-OH is 2. The monoisotopic (exact) mass is 371 g/mol. The van der Waals surface area contributed by atoms with Gasteiger partial charge in [-0.15, -0.1) is 5.10 Å². The third-order valence-electron chi connectivity index (χ3n) is 4.45. The molecule has 3 heterocycles. The van der Waals surface area contributed by atoms with Crippen molar-refractivity contribution in [2.75, 3.05) is 6.61 Å². The number of nitrogens with zero attached hydrogens (tertiary/aromatic N) is 4. The highest BCUT2D eigenvalue weighted by Crippen LogP contribution is 2.27. The lowest BCUT2D eigenvalue weighted by Crippen LogP contribution is -2.34. The van der Waals surface area contributed by atoms with Gasteiger partial charge in [0.1, 0.15) is 23.7 Å². The van der Waals surface area contributed by atoms with E-state index >= 15 is 0 Å². The van der Waals surface area contributed by atoms with E-state index in [2.05, 4.69) is 15.3 Å². The first-order valence-electron chi connectivity index (χ1n) is 8.35. The maximum Gasteiger partial charge on any atom is 0.330 e. The van der Waals surface area contributed by atoms with Crippen LogP contribution >= 0.6 is 0 Å². The largest absolute Gasteiger partial charge is 0.394 e. The van der Waals surface area contributed by atoms with Crippen LogP contribution in [0, 0.1) is 0 Å². The Labute approximate surface area is 152 Å². The van der Waals surface area contributed by atoms with Crippen molar-refractivity contribution in [1.82, 2.24) is 24.5 Å². The second-order valence-electron chi connectivity index (χ2n) is 6.21. The van der Waals surface area contributed by atoms with E-state index in [1.54, 1.807) is 6.20 Å². The van der Waals surface area contributed by atoms with E-state index in [9.17, 15) is 19.8 Å². The van der Waals surface area contributed by atoms with Gasteiger partial charge in [-0.2, -0.15) is 0 Å². The van der Waals surface area contributed by atoms with Gasteiger partial charge in [-0.1, -0.05) is 35.5 Å². The molecule has 3 N–H and O–H groups in total. The van der Waals surface area contributed by atoms with E-state index in [0.717, 1.165) is 5.56 Å². The van der Waals surface area contributed by atoms with Crippen LogP contribution in [0.15, 0.2) is 52.3 Å². The molecule has 1 aliphatic rings. The van der Waals surface area contributed by atoms with Crippen LogP contribution in [0.4, 0.5) is 0 Å². The molecule has 2 aromatic heterocycles. The molecular formula is C17H17N5O5. The van der Waals surface area contributed by atoms with Gasteiger partial charge in [-0.25, -0.2) is 9.48 Å². The summed E-state index contributed by atoms with van der Waals surface area (Å²) in [4.78, 5) is 26.6. The molecule has 0 amide bonds. The highest BCUT2D eigenvalue weighted by Gasteiger charge is 2.35. The zero-order chi connectivity index (χ0) is 19.0. The second kappa shape index (κ2) is 6.91. The maximum atomic E-state index is 12.3. The molecule has 140 valence electrons. The molecule has 0 radical (unpaired) electrons. The van der Waals surface area contributed by atoms with Crippen LogP contribution in [0.1, 0.15) is 12.6 Å². The summed E-state index contributed by atoms with van der Waals surface area (Å²) in [5, 5.41) is 27.1. The number of hydrogen-bond donors (Lipinski definition) is 3. The normalized spacial score (nSPS) is 22.2. The minimum Gasteiger partial charge on any atom is -0.394 e. The van der Waals surface area contributed by atoms with E-state index in [1.807, 2.05) is 30.3 Å². The van der Waals surface area contributed by atoms with Crippen molar-refractivity contribution in [3.05, 3.63) is 63.6 Å². The third kappa shape index (κ3) is 3.21. The minimum absolute atomic E-state index is 0.0785. The van der Waals surface area contributed by atoms with Crippen LogP contribution in [-0.2, 0) is 4.74 Å². The smallest absolute Gasteiger partial charge is 0.330 e. The van der Waals surface area contributed by atoms with Crippen LogP contribution in [0.5, 0.6) is 0 Å². The molecule has 0 saturated carbocycles. The zero-order valence-electron chi connectivity index (χ0n) is 14.1. The number of benzene rings is 1. The Balaban J connectivity index is 1.71. The van der Waals surface area contributed by atoms with Crippen molar-refractivity contribution in [2.45, 2.75) is 24.9 Å². The third-order valence-corrected chi connectivity index (χ3v) is 4.45. The predicted octanol–water partition coefficient (Wildman–Crippen LogP) is -0.575. The molecule has 1 saturated heterocycles. The molecule has 0 spiro atoms. The highest BCUT2D eigenvalue weighted by molar-refractivity contribution is 5.57. The molecule has 1 aromatic carbocycles. The molecule has 0 bridgehead atoms. The zero-order valence-corrected chi connectivity index (χ0v) is 14.1.